The van der Waals surface area contributed by atoms with E-state index in [1.165, 1.54) is 51.2 Å². The van der Waals surface area contributed by atoms with Crippen LogP contribution in [0.2, 0.25) is 0 Å². The lowest BCUT2D eigenvalue weighted by molar-refractivity contribution is 0.122. The second-order valence-electron chi connectivity index (χ2n) is 7.20. The first-order chi connectivity index (χ1) is 13.8. The molecule has 1 aromatic carbocycles. The minimum absolute atomic E-state index is 0.779. The van der Waals surface area contributed by atoms with Crippen LogP contribution in [0.1, 0.15) is 29.1 Å². The van der Waals surface area contributed by atoms with Gasteiger partial charge in [-0.15, -0.1) is 23.1 Å². The van der Waals surface area contributed by atoms with Gasteiger partial charge in [0.2, 0.25) is 0 Å². The fraction of sp³-hybridized carbons (Fsp3) is 0.429. The molecule has 146 valence electrons. The van der Waals surface area contributed by atoms with Gasteiger partial charge in [-0.1, -0.05) is 15.9 Å². The summed E-state index contributed by atoms with van der Waals surface area (Å²) in [5.74, 6) is 2.86. The molecule has 0 bridgehead atoms. The van der Waals surface area contributed by atoms with Crippen LogP contribution >= 0.6 is 39.0 Å². The number of thiophene rings is 1. The summed E-state index contributed by atoms with van der Waals surface area (Å²) in [6, 6.07) is 8.44. The standard InChI is InChI=1S/C21H22BrN3OS2/c22-14-5-7-15(8-6-14)27-13-18-23-20(25-9-11-26-12-10-25)19-16-3-1-2-4-17(16)28-21(19)24-18/h5-8H,1-4,9-13H2. The summed E-state index contributed by atoms with van der Waals surface area (Å²) >= 11 is 7.19. The van der Waals surface area contributed by atoms with Gasteiger partial charge in [0.15, 0.2) is 0 Å². The first-order valence-corrected chi connectivity index (χ1v) is 12.4. The highest BCUT2D eigenvalue weighted by Gasteiger charge is 2.24. The minimum Gasteiger partial charge on any atom is -0.378 e. The highest BCUT2D eigenvalue weighted by molar-refractivity contribution is 9.10. The molecule has 0 unspecified atom stereocenters. The molecule has 0 amide bonds. The Balaban J connectivity index is 1.51. The van der Waals surface area contributed by atoms with Crippen molar-refractivity contribution in [2.24, 2.45) is 0 Å². The fourth-order valence-corrected chi connectivity index (χ4v) is 6.22. The lowest BCUT2D eigenvalue weighted by Crippen LogP contribution is -2.37. The number of aryl methyl sites for hydroxylation is 2. The van der Waals surface area contributed by atoms with Crippen molar-refractivity contribution in [3.8, 4) is 0 Å². The van der Waals surface area contributed by atoms with Gasteiger partial charge in [-0.05, 0) is 55.5 Å². The molecule has 3 aromatic rings. The number of rotatable bonds is 4. The van der Waals surface area contributed by atoms with Crippen molar-refractivity contribution in [3.05, 3.63) is 45.0 Å². The molecule has 2 aromatic heterocycles. The van der Waals surface area contributed by atoms with Gasteiger partial charge in [0.05, 0.1) is 24.4 Å². The summed E-state index contributed by atoms with van der Waals surface area (Å²) in [6.07, 6.45) is 4.94. The van der Waals surface area contributed by atoms with E-state index in [1.807, 2.05) is 11.3 Å². The lowest BCUT2D eigenvalue weighted by atomic mass is 9.97. The van der Waals surface area contributed by atoms with Crippen molar-refractivity contribution in [2.75, 3.05) is 31.2 Å². The Hall–Kier alpha value is -1.15. The van der Waals surface area contributed by atoms with Gasteiger partial charge in [0.25, 0.3) is 0 Å². The monoisotopic (exact) mass is 475 g/mol. The third-order valence-electron chi connectivity index (χ3n) is 5.33. The molecule has 0 atom stereocenters. The molecule has 1 saturated heterocycles. The van der Waals surface area contributed by atoms with Crippen LogP contribution in [-0.2, 0) is 23.3 Å². The average molecular weight is 476 g/mol. The fourth-order valence-electron chi connectivity index (χ4n) is 3.93. The first-order valence-electron chi connectivity index (χ1n) is 9.80. The van der Waals surface area contributed by atoms with E-state index in [0.717, 1.165) is 48.2 Å². The van der Waals surface area contributed by atoms with Crippen LogP contribution in [0.3, 0.4) is 0 Å². The summed E-state index contributed by atoms with van der Waals surface area (Å²) in [5.41, 5.74) is 1.51. The van der Waals surface area contributed by atoms with E-state index >= 15 is 0 Å². The lowest BCUT2D eigenvalue weighted by Gasteiger charge is -2.29. The van der Waals surface area contributed by atoms with Gasteiger partial charge in [0.1, 0.15) is 16.5 Å². The summed E-state index contributed by atoms with van der Waals surface area (Å²) in [7, 11) is 0. The molecule has 28 heavy (non-hydrogen) atoms. The molecule has 1 aliphatic carbocycles. The smallest absolute Gasteiger partial charge is 0.142 e. The number of nitrogens with zero attached hydrogens (tertiary/aromatic N) is 3. The van der Waals surface area contributed by atoms with Crippen molar-refractivity contribution in [1.29, 1.82) is 0 Å². The molecule has 2 aliphatic rings. The van der Waals surface area contributed by atoms with Crippen molar-refractivity contribution in [2.45, 2.75) is 36.3 Å². The maximum atomic E-state index is 5.58. The van der Waals surface area contributed by atoms with Gasteiger partial charge >= 0.3 is 0 Å². The Kier molecular flexibility index (Phi) is 5.59. The number of ether oxygens (including phenoxy) is 1. The van der Waals surface area contributed by atoms with Gasteiger partial charge in [-0.25, -0.2) is 9.97 Å². The van der Waals surface area contributed by atoms with Crippen molar-refractivity contribution in [3.63, 3.8) is 0 Å². The Labute approximate surface area is 181 Å². The minimum atomic E-state index is 0.779. The van der Waals surface area contributed by atoms with Crippen LogP contribution in [0.4, 0.5) is 5.82 Å². The van der Waals surface area contributed by atoms with E-state index in [0.29, 0.717) is 0 Å². The predicted octanol–water partition coefficient (Wildman–Crippen LogP) is 5.46. The van der Waals surface area contributed by atoms with E-state index in [-0.39, 0.29) is 0 Å². The first kappa shape index (κ1) is 18.9. The molecule has 1 fully saturated rings. The quantitative estimate of drug-likeness (QED) is 0.468. The molecule has 0 radical (unpaired) electrons. The summed E-state index contributed by atoms with van der Waals surface area (Å²) in [4.78, 5) is 16.4. The maximum Gasteiger partial charge on any atom is 0.142 e. The van der Waals surface area contributed by atoms with E-state index in [2.05, 4.69) is 45.1 Å². The summed E-state index contributed by atoms with van der Waals surface area (Å²) in [6.45, 7) is 3.38. The molecule has 0 spiro atoms. The highest BCUT2D eigenvalue weighted by Crippen LogP contribution is 2.40. The van der Waals surface area contributed by atoms with Gasteiger partial charge < -0.3 is 9.64 Å². The number of aromatic nitrogens is 2. The number of morpholine rings is 1. The number of anilines is 1. The molecule has 0 saturated carbocycles. The second kappa shape index (κ2) is 8.30. The van der Waals surface area contributed by atoms with Crippen LogP contribution < -0.4 is 4.90 Å². The van der Waals surface area contributed by atoms with Crippen LogP contribution in [-0.4, -0.2) is 36.3 Å². The van der Waals surface area contributed by atoms with Gasteiger partial charge in [-0.3, -0.25) is 0 Å². The van der Waals surface area contributed by atoms with Crippen LogP contribution in [0.5, 0.6) is 0 Å². The van der Waals surface area contributed by atoms with E-state index in [1.54, 1.807) is 11.8 Å². The van der Waals surface area contributed by atoms with Gasteiger partial charge in [0, 0.05) is 27.3 Å². The largest absolute Gasteiger partial charge is 0.378 e. The Morgan fingerprint density at radius 2 is 1.86 bits per heavy atom. The number of thioether (sulfide) groups is 1. The summed E-state index contributed by atoms with van der Waals surface area (Å²) in [5, 5.41) is 1.32. The van der Waals surface area contributed by atoms with E-state index in [9.17, 15) is 0 Å². The van der Waals surface area contributed by atoms with E-state index in [4.69, 9.17) is 14.7 Å². The van der Waals surface area contributed by atoms with Crippen LogP contribution in [0.15, 0.2) is 33.6 Å². The maximum absolute atomic E-state index is 5.58. The molecule has 4 nitrogen and oxygen atoms in total. The Bertz CT molecular complexity index is 983. The second-order valence-corrected chi connectivity index (χ2v) is 10.2. The molecule has 3 heterocycles. The number of halogens is 1. The van der Waals surface area contributed by atoms with Crippen LogP contribution in [0, 0.1) is 0 Å². The van der Waals surface area contributed by atoms with Gasteiger partial charge in [-0.2, -0.15) is 0 Å². The zero-order chi connectivity index (χ0) is 18.9. The Morgan fingerprint density at radius 1 is 1.07 bits per heavy atom. The SMILES string of the molecule is Brc1ccc(SCc2nc(N3CCOCC3)c3c4c(sc3n2)CCCC4)cc1. The molecular formula is C21H22BrN3OS2. The van der Waals surface area contributed by atoms with Crippen molar-refractivity contribution >= 4 is 55.1 Å². The third-order valence-corrected chi connectivity index (χ3v) is 8.06. The normalized spacial score (nSPS) is 17.1. The predicted molar refractivity (Wildman–Crippen MR) is 121 cm³/mol. The zero-order valence-electron chi connectivity index (χ0n) is 15.6. The topological polar surface area (TPSA) is 38.2 Å². The summed E-state index contributed by atoms with van der Waals surface area (Å²) < 4.78 is 6.69. The van der Waals surface area contributed by atoms with Crippen molar-refractivity contribution < 1.29 is 4.74 Å². The molecule has 5 rings (SSSR count). The number of fused-ring (bicyclic) bond motifs is 3. The third kappa shape index (κ3) is 3.82. The van der Waals surface area contributed by atoms with E-state index < -0.39 is 0 Å². The van der Waals surface area contributed by atoms with Crippen molar-refractivity contribution in [1.82, 2.24) is 9.97 Å². The number of hydrogen-bond acceptors (Lipinski definition) is 6. The Morgan fingerprint density at radius 3 is 2.68 bits per heavy atom. The van der Waals surface area contributed by atoms with Crippen LogP contribution in [0.25, 0.3) is 10.2 Å². The number of hydrogen-bond donors (Lipinski definition) is 0. The average Bonchev–Trinajstić information content (AvgIpc) is 3.12. The molecule has 1 aliphatic heterocycles. The highest BCUT2D eigenvalue weighted by atomic mass is 79.9. The zero-order valence-corrected chi connectivity index (χ0v) is 18.8. The molecule has 7 heteroatoms. The molecule has 0 N–H and O–H groups in total. The number of benzene rings is 1. The molecular weight excluding hydrogens is 454 g/mol.